The van der Waals surface area contributed by atoms with E-state index in [1.807, 2.05) is 42.1 Å². The Kier molecular flexibility index (Phi) is 3.10. The van der Waals surface area contributed by atoms with Crippen molar-refractivity contribution in [2.75, 3.05) is 0 Å². The number of hydrogen-bond acceptors (Lipinski definition) is 1. The SMILES string of the molecule is [C-]#[N+]c1cccc2oc3c(F)c(C)c(-c4cccc[n+]4C)cc3c12. The normalized spacial score (nSPS) is 11.1. The summed E-state index contributed by atoms with van der Waals surface area (Å²) in [6.07, 6.45) is 1.93. The highest BCUT2D eigenvalue weighted by atomic mass is 19.1. The third-order valence-electron chi connectivity index (χ3n) is 4.40. The lowest BCUT2D eigenvalue weighted by Gasteiger charge is -2.06. The molecule has 0 fully saturated rings. The number of rotatable bonds is 1. The molecule has 4 rings (SSSR count). The summed E-state index contributed by atoms with van der Waals surface area (Å²) in [7, 11) is 1.93. The second kappa shape index (κ2) is 5.17. The molecule has 0 bridgehead atoms. The van der Waals surface area contributed by atoms with Crippen molar-refractivity contribution < 1.29 is 13.4 Å². The van der Waals surface area contributed by atoms with E-state index in [0.717, 1.165) is 11.3 Å². The van der Waals surface area contributed by atoms with E-state index < -0.39 is 0 Å². The molecular formula is C20H14FN2O+. The third-order valence-corrected chi connectivity index (χ3v) is 4.40. The van der Waals surface area contributed by atoms with E-state index in [2.05, 4.69) is 4.85 Å². The summed E-state index contributed by atoms with van der Waals surface area (Å²) in [6, 6.07) is 13.0. The molecule has 2 aromatic carbocycles. The maximum Gasteiger partial charge on any atom is 0.212 e. The molecule has 0 unspecified atom stereocenters. The quantitative estimate of drug-likeness (QED) is 0.354. The van der Waals surface area contributed by atoms with E-state index >= 15 is 0 Å². The fourth-order valence-corrected chi connectivity index (χ4v) is 3.16. The van der Waals surface area contributed by atoms with Crippen molar-refractivity contribution in [2.24, 2.45) is 7.05 Å². The number of nitrogens with zero attached hydrogens (tertiary/aromatic N) is 2. The lowest BCUT2D eigenvalue weighted by Crippen LogP contribution is -2.30. The molecule has 0 aliphatic heterocycles. The lowest BCUT2D eigenvalue weighted by atomic mass is 10.00. The summed E-state index contributed by atoms with van der Waals surface area (Å²) in [5.41, 5.74) is 3.45. The Bertz CT molecular complexity index is 1150. The topological polar surface area (TPSA) is 21.4 Å². The Morgan fingerprint density at radius 2 is 2.00 bits per heavy atom. The number of benzene rings is 2. The van der Waals surface area contributed by atoms with Crippen LogP contribution in [-0.2, 0) is 7.05 Å². The van der Waals surface area contributed by atoms with Crippen LogP contribution in [0.5, 0.6) is 0 Å². The van der Waals surface area contributed by atoms with Gasteiger partial charge in [0.05, 0.1) is 12.1 Å². The van der Waals surface area contributed by atoms with Crippen molar-refractivity contribution in [3.63, 3.8) is 0 Å². The van der Waals surface area contributed by atoms with Gasteiger partial charge in [-0.1, -0.05) is 12.1 Å². The van der Waals surface area contributed by atoms with Crippen molar-refractivity contribution in [2.45, 2.75) is 6.92 Å². The Hall–Kier alpha value is -3.19. The van der Waals surface area contributed by atoms with Gasteiger partial charge in [-0.15, -0.1) is 0 Å². The zero-order chi connectivity index (χ0) is 16.8. The first-order valence-electron chi connectivity index (χ1n) is 7.58. The second-order valence-electron chi connectivity index (χ2n) is 5.80. The van der Waals surface area contributed by atoms with Gasteiger partial charge >= 0.3 is 0 Å². The molecule has 0 atom stereocenters. The molecule has 3 nitrogen and oxygen atoms in total. The average molecular weight is 317 g/mol. The third kappa shape index (κ3) is 1.92. The summed E-state index contributed by atoms with van der Waals surface area (Å²) in [6.45, 7) is 9.12. The van der Waals surface area contributed by atoms with Crippen LogP contribution in [0.1, 0.15) is 5.56 Å². The zero-order valence-corrected chi connectivity index (χ0v) is 13.3. The zero-order valence-electron chi connectivity index (χ0n) is 13.3. The molecule has 0 radical (unpaired) electrons. The Morgan fingerprint density at radius 3 is 2.75 bits per heavy atom. The van der Waals surface area contributed by atoms with Gasteiger partial charge in [-0.25, -0.2) is 13.8 Å². The molecule has 0 aliphatic rings. The molecule has 0 N–H and O–H groups in total. The van der Waals surface area contributed by atoms with Crippen LogP contribution in [0.3, 0.4) is 0 Å². The van der Waals surface area contributed by atoms with Gasteiger partial charge in [-0.2, -0.15) is 0 Å². The Labute approximate surface area is 138 Å². The van der Waals surface area contributed by atoms with E-state index in [-0.39, 0.29) is 11.4 Å². The first kappa shape index (κ1) is 14.4. The molecule has 116 valence electrons. The molecule has 2 heterocycles. The molecule has 4 heteroatoms. The van der Waals surface area contributed by atoms with Crippen LogP contribution in [0.2, 0.25) is 0 Å². The van der Waals surface area contributed by atoms with Crippen LogP contribution in [-0.4, -0.2) is 0 Å². The minimum atomic E-state index is -0.376. The number of aromatic nitrogens is 1. The monoisotopic (exact) mass is 317 g/mol. The molecule has 0 saturated heterocycles. The van der Waals surface area contributed by atoms with Gasteiger partial charge in [0.15, 0.2) is 23.3 Å². The number of halogens is 1. The maximum absolute atomic E-state index is 15.0. The van der Waals surface area contributed by atoms with Gasteiger partial charge in [0, 0.05) is 28.5 Å². The largest absolute Gasteiger partial charge is 0.454 e. The molecule has 4 aromatic rings. The predicted molar refractivity (Wildman–Crippen MR) is 91.3 cm³/mol. The minimum Gasteiger partial charge on any atom is -0.454 e. The van der Waals surface area contributed by atoms with Gasteiger partial charge in [0.2, 0.25) is 5.69 Å². The van der Waals surface area contributed by atoms with Crippen LogP contribution in [0.15, 0.2) is 53.1 Å². The number of aryl methyl sites for hydroxylation is 1. The second-order valence-corrected chi connectivity index (χ2v) is 5.80. The summed E-state index contributed by atoms with van der Waals surface area (Å²) in [5.74, 6) is -0.376. The highest BCUT2D eigenvalue weighted by molar-refractivity contribution is 6.12. The fourth-order valence-electron chi connectivity index (χ4n) is 3.16. The first-order valence-corrected chi connectivity index (χ1v) is 7.58. The van der Waals surface area contributed by atoms with Crippen molar-refractivity contribution in [3.05, 3.63) is 71.5 Å². The summed E-state index contributed by atoms with van der Waals surface area (Å²) >= 11 is 0. The van der Waals surface area contributed by atoms with Gasteiger partial charge in [-0.3, -0.25) is 0 Å². The van der Waals surface area contributed by atoms with Gasteiger partial charge in [0.25, 0.3) is 0 Å². The van der Waals surface area contributed by atoms with Crippen LogP contribution in [0.4, 0.5) is 10.1 Å². The smallest absolute Gasteiger partial charge is 0.212 e. The van der Waals surface area contributed by atoms with E-state index in [4.69, 9.17) is 11.0 Å². The predicted octanol–water partition coefficient (Wildman–Crippen LogP) is 5.08. The average Bonchev–Trinajstić information content (AvgIpc) is 2.97. The van der Waals surface area contributed by atoms with E-state index in [9.17, 15) is 4.39 Å². The van der Waals surface area contributed by atoms with Crippen LogP contribution in [0.25, 0.3) is 38.0 Å². The number of pyridine rings is 1. The molecule has 0 amide bonds. The van der Waals surface area contributed by atoms with Gasteiger partial charge in [0.1, 0.15) is 12.6 Å². The van der Waals surface area contributed by atoms with Crippen LogP contribution >= 0.6 is 0 Å². The van der Waals surface area contributed by atoms with Crippen molar-refractivity contribution >= 4 is 27.6 Å². The van der Waals surface area contributed by atoms with Gasteiger partial charge in [-0.05, 0) is 25.1 Å². The standard InChI is InChI=1S/C20H14FN2O/c1-12-13(16-8-4-5-10-23(16)3)11-14-18-15(22-2)7-6-9-17(18)24-20(14)19(12)21/h4-11H,1,3H3/q+1. The number of fused-ring (bicyclic) bond motifs is 3. The summed E-state index contributed by atoms with van der Waals surface area (Å²) in [5, 5.41) is 1.31. The van der Waals surface area contributed by atoms with E-state index in [1.165, 1.54) is 0 Å². The fraction of sp³-hybridized carbons (Fsp3) is 0.100. The molecule has 24 heavy (non-hydrogen) atoms. The van der Waals surface area contributed by atoms with Crippen molar-refractivity contribution in [1.29, 1.82) is 0 Å². The van der Waals surface area contributed by atoms with Gasteiger partial charge < -0.3 is 4.42 Å². The van der Waals surface area contributed by atoms with E-state index in [0.29, 0.717) is 27.6 Å². The van der Waals surface area contributed by atoms with Crippen LogP contribution < -0.4 is 4.57 Å². The molecule has 0 saturated carbocycles. The Balaban J connectivity index is 2.18. The molecule has 2 aromatic heterocycles. The first-order chi connectivity index (χ1) is 11.6. The number of hydrogen-bond donors (Lipinski definition) is 0. The lowest BCUT2D eigenvalue weighted by molar-refractivity contribution is -0.660. The maximum atomic E-state index is 15.0. The van der Waals surface area contributed by atoms with Crippen LogP contribution in [0, 0.1) is 19.3 Å². The van der Waals surface area contributed by atoms with Crippen molar-refractivity contribution in [3.8, 4) is 11.3 Å². The summed E-state index contributed by atoms with van der Waals surface area (Å²) in [4.78, 5) is 3.56. The molecule has 0 aliphatic carbocycles. The highest BCUT2D eigenvalue weighted by Gasteiger charge is 2.22. The summed E-state index contributed by atoms with van der Waals surface area (Å²) < 4.78 is 22.6. The Morgan fingerprint density at radius 1 is 1.17 bits per heavy atom. The number of furan rings is 1. The molecular weight excluding hydrogens is 303 g/mol. The van der Waals surface area contributed by atoms with Crippen molar-refractivity contribution in [1.82, 2.24) is 0 Å². The highest BCUT2D eigenvalue weighted by Crippen LogP contribution is 2.40. The van der Waals surface area contributed by atoms with E-state index in [1.54, 1.807) is 25.1 Å². The minimum absolute atomic E-state index is 0.209. The molecule has 0 spiro atoms.